The first-order valence-electron chi connectivity index (χ1n) is 5.38. The average molecular weight is 260 g/mol. The Morgan fingerprint density at radius 3 is 2.94 bits per heavy atom. The molecular formula is C12H10ClN5. The molecular weight excluding hydrogens is 250 g/mol. The number of benzene rings is 1. The smallest absolute Gasteiger partial charge is 0.141 e. The van der Waals surface area contributed by atoms with Crippen LogP contribution in [0, 0.1) is 0 Å². The Bertz CT molecular complexity index is 707. The summed E-state index contributed by atoms with van der Waals surface area (Å²) in [5.41, 5.74) is 1.69. The molecule has 0 fully saturated rings. The summed E-state index contributed by atoms with van der Waals surface area (Å²) in [6.07, 6.45) is 5.13. The Labute approximate surface area is 108 Å². The molecule has 0 aliphatic heterocycles. The van der Waals surface area contributed by atoms with Gasteiger partial charge in [-0.25, -0.2) is 9.97 Å². The maximum absolute atomic E-state index is 5.94. The second-order valence-corrected chi connectivity index (χ2v) is 4.35. The fourth-order valence-corrected chi connectivity index (χ4v) is 1.92. The van der Waals surface area contributed by atoms with Gasteiger partial charge in [0.1, 0.15) is 12.1 Å². The third-order valence-electron chi connectivity index (χ3n) is 2.57. The molecule has 18 heavy (non-hydrogen) atoms. The molecule has 0 atom stereocenters. The van der Waals surface area contributed by atoms with E-state index in [2.05, 4.69) is 20.4 Å². The highest BCUT2D eigenvalue weighted by Crippen LogP contribution is 2.24. The minimum Gasteiger partial charge on any atom is -0.337 e. The zero-order valence-corrected chi connectivity index (χ0v) is 10.4. The van der Waals surface area contributed by atoms with Gasteiger partial charge in [0.05, 0.1) is 17.4 Å². The highest BCUT2D eigenvalue weighted by molar-refractivity contribution is 6.31. The third-order valence-corrected chi connectivity index (χ3v) is 2.80. The minimum absolute atomic E-state index is 0.661. The molecule has 0 amide bonds. The monoisotopic (exact) mass is 259 g/mol. The first kappa shape index (κ1) is 11.0. The van der Waals surface area contributed by atoms with Crippen LogP contribution in [0.15, 0.2) is 36.9 Å². The summed E-state index contributed by atoms with van der Waals surface area (Å²) in [5, 5.41) is 8.89. The van der Waals surface area contributed by atoms with Crippen molar-refractivity contribution in [2.75, 3.05) is 5.32 Å². The van der Waals surface area contributed by atoms with Crippen LogP contribution in [0.3, 0.4) is 0 Å². The van der Waals surface area contributed by atoms with Gasteiger partial charge in [-0.05, 0) is 18.2 Å². The van der Waals surface area contributed by atoms with E-state index in [9.17, 15) is 0 Å². The number of fused-ring (bicyclic) bond motifs is 1. The first-order chi connectivity index (χ1) is 8.72. The molecule has 90 valence electrons. The van der Waals surface area contributed by atoms with Crippen molar-refractivity contribution >= 4 is 34.0 Å². The molecule has 0 unspecified atom stereocenters. The first-order valence-corrected chi connectivity index (χ1v) is 5.76. The van der Waals surface area contributed by atoms with Gasteiger partial charge in [-0.2, -0.15) is 5.10 Å². The standard InChI is InChI=1S/C12H10ClN5/c1-18-6-9(5-16-18)17-12-10-3-2-8(13)4-11(10)14-7-15-12/h2-7H,1H3,(H,14,15,17). The molecule has 5 nitrogen and oxygen atoms in total. The fourth-order valence-electron chi connectivity index (χ4n) is 1.75. The predicted octanol–water partition coefficient (Wildman–Crippen LogP) is 2.76. The predicted molar refractivity (Wildman–Crippen MR) is 71.0 cm³/mol. The van der Waals surface area contributed by atoms with Crippen molar-refractivity contribution < 1.29 is 0 Å². The lowest BCUT2D eigenvalue weighted by Gasteiger charge is -2.06. The molecule has 0 bridgehead atoms. The van der Waals surface area contributed by atoms with Crippen molar-refractivity contribution in [2.45, 2.75) is 0 Å². The van der Waals surface area contributed by atoms with E-state index >= 15 is 0 Å². The number of nitrogens with zero attached hydrogens (tertiary/aromatic N) is 4. The van der Waals surface area contributed by atoms with Crippen LogP contribution in [0.2, 0.25) is 5.02 Å². The van der Waals surface area contributed by atoms with E-state index in [0.717, 1.165) is 22.4 Å². The van der Waals surface area contributed by atoms with E-state index in [1.54, 1.807) is 10.9 Å². The number of rotatable bonds is 2. The van der Waals surface area contributed by atoms with E-state index in [4.69, 9.17) is 11.6 Å². The molecule has 3 aromatic rings. The van der Waals surface area contributed by atoms with E-state index < -0.39 is 0 Å². The zero-order valence-electron chi connectivity index (χ0n) is 9.63. The van der Waals surface area contributed by atoms with Crippen LogP contribution in [0.5, 0.6) is 0 Å². The SMILES string of the molecule is Cn1cc(Nc2ncnc3cc(Cl)ccc23)cn1. The van der Waals surface area contributed by atoms with Crippen LogP contribution in [0.1, 0.15) is 0 Å². The van der Waals surface area contributed by atoms with Gasteiger partial charge in [-0.1, -0.05) is 11.6 Å². The number of aromatic nitrogens is 4. The second kappa shape index (κ2) is 4.27. The molecule has 6 heteroatoms. The Hall–Kier alpha value is -2.14. The number of aryl methyl sites for hydroxylation is 1. The molecule has 0 saturated heterocycles. The molecule has 3 rings (SSSR count). The topological polar surface area (TPSA) is 55.6 Å². The van der Waals surface area contributed by atoms with Crippen LogP contribution in [-0.4, -0.2) is 19.7 Å². The van der Waals surface area contributed by atoms with Gasteiger partial charge in [0.25, 0.3) is 0 Å². The Morgan fingerprint density at radius 1 is 1.28 bits per heavy atom. The number of hydrogen-bond acceptors (Lipinski definition) is 4. The molecule has 1 aromatic carbocycles. The number of hydrogen-bond donors (Lipinski definition) is 1. The zero-order chi connectivity index (χ0) is 12.5. The van der Waals surface area contributed by atoms with Gasteiger partial charge >= 0.3 is 0 Å². The fraction of sp³-hybridized carbons (Fsp3) is 0.0833. The molecule has 0 saturated carbocycles. The lowest BCUT2D eigenvalue weighted by atomic mass is 10.2. The molecule has 1 N–H and O–H groups in total. The number of halogens is 1. The third kappa shape index (κ3) is 2.00. The van der Waals surface area contributed by atoms with Crippen molar-refractivity contribution in [3.63, 3.8) is 0 Å². The highest BCUT2D eigenvalue weighted by atomic mass is 35.5. The summed E-state index contributed by atoms with van der Waals surface area (Å²) in [4.78, 5) is 8.43. The van der Waals surface area contributed by atoms with Crippen LogP contribution in [-0.2, 0) is 7.05 Å². The van der Waals surface area contributed by atoms with Crippen molar-refractivity contribution in [2.24, 2.45) is 7.05 Å². The maximum Gasteiger partial charge on any atom is 0.141 e. The van der Waals surface area contributed by atoms with Crippen molar-refractivity contribution in [1.82, 2.24) is 19.7 Å². The minimum atomic E-state index is 0.661. The lowest BCUT2D eigenvalue weighted by molar-refractivity contribution is 0.768. The summed E-state index contributed by atoms with van der Waals surface area (Å²) < 4.78 is 1.72. The number of anilines is 2. The summed E-state index contributed by atoms with van der Waals surface area (Å²) >= 11 is 5.94. The van der Waals surface area contributed by atoms with Gasteiger partial charge in [0, 0.05) is 23.7 Å². The van der Waals surface area contributed by atoms with E-state index in [-0.39, 0.29) is 0 Å². The summed E-state index contributed by atoms with van der Waals surface area (Å²) in [7, 11) is 1.86. The number of nitrogens with one attached hydrogen (secondary N) is 1. The van der Waals surface area contributed by atoms with Crippen LogP contribution in [0.4, 0.5) is 11.5 Å². The second-order valence-electron chi connectivity index (χ2n) is 3.91. The summed E-state index contributed by atoms with van der Waals surface area (Å²) in [6.45, 7) is 0. The van der Waals surface area contributed by atoms with Crippen molar-refractivity contribution in [1.29, 1.82) is 0 Å². The summed E-state index contributed by atoms with van der Waals surface area (Å²) in [5.74, 6) is 0.740. The van der Waals surface area contributed by atoms with Crippen LogP contribution >= 0.6 is 11.6 Å². The maximum atomic E-state index is 5.94. The average Bonchev–Trinajstić information content (AvgIpc) is 2.75. The van der Waals surface area contributed by atoms with Crippen molar-refractivity contribution in [3.05, 3.63) is 41.9 Å². The highest BCUT2D eigenvalue weighted by Gasteiger charge is 2.05. The molecule has 2 heterocycles. The van der Waals surface area contributed by atoms with Gasteiger partial charge in [0.15, 0.2) is 0 Å². The lowest BCUT2D eigenvalue weighted by Crippen LogP contribution is -1.95. The van der Waals surface area contributed by atoms with Crippen LogP contribution in [0.25, 0.3) is 10.9 Å². The van der Waals surface area contributed by atoms with Gasteiger partial charge < -0.3 is 5.32 Å². The van der Waals surface area contributed by atoms with E-state index in [1.807, 2.05) is 31.4 Å². The van der Waals surface area contributed by atoms with E-state index in [1.165, 1.54) is 6.33 Å². The molecule has 0 spiro atoms. The quantitative estimate of drug-likeness (QED) is 0.769. The van der Waals surface area contributed by atoms with Gasteiger partial charge in [-0.15, -0.1) is 0 Å². The molecule has 2 aromatic heterocycles. The molecule has 0 radical (unpaired) electrons. The van der Waals surface area contributed by atoms with Crippen molar-refractivity contribution in [3.8, 4) is 0 Å². The van der Waals surface area contributed by atoms with Gasteiger partial charge in [0.2, 0.25) is 0 Å². The normalized spacial score (nSPS) is 10.8. The van der Waals surface area contributed by atoms with E-state index in [0.29, 0.717) is 5.02 Å². The Balaban J connectivity index is 2.06. The van der Waals surface area contributed by atoms with Crippen LogP contribution < -0.4 is 5.32 Å². The molecule has 0 aliphatic carbocycles. The molecule has 0 aliphatic rings. The van der Waals surface area contributed by atoms with Gasteiger partial charge in [-0.3, -0.25) is 4.68 Å². The largest absolute Gasteiger partial charge is 0.337 e. The Kier molecular flexibility index (Phi) is 2.60. The Morgan fingerprint density at radius 2 is 2.17 bits per heavy atom. The summed E-state index contributed by atoms with van der Waals surface area (Å²) in [6, 6.07) is 5.53.